The number of ether oxygens (including phenoxy) is 1. The molecule has 0 bridgehead atoms. The summed E-state index contributed by atoms with van der Waals surface area (Å²) in [4.78, 5) is 24.0. The fourth-order valence-corrected chi connectivity index (χ4v) is 1.82. The van der Waals surface area contributed by atoms with Gasteiger partial charge in [-0.3, -0.25) is 4.79 Å². The molecule has 0 aliphatic carbocycles. The number of para-hydroxylation sites is 2. The number of hydrogen-bond donors (Lipinski definition) is 3. The van der Waals surface area contributed by atoms with Crippen LogP contribution in [-0.4, -0.2) is 30.1 Å². The van der Waals surface area contributed by atoms with Gasteiger partial charge in [0.15, 0.2) is 0 Å². The second-order valence-electron chi connectivity index (χ2n) is 5.80. The average molecular weight is 321 g/mol. The van der Waals surface area contributed by atoms with Gasteiger partial charge in [0, 0.05) is 6.04 Å². The van der Waals surface area contributed by atoms with Crippen molar-refractivity contribution in [1.29, 1.82) is 0 Å². The van der Waals surface area contributed by atoms with E-state index in [1.807, 2.05) is 39.8 Å². The van der Waals surface area contributed by atoms with E-state index >= 15 is 0 Å². The van der Waals surface area contributed by atoms with Gasteiger partial charge >= 0.3 is 6.03 Å². The van der Waals surface area contributed by atoms with Crippen molar-refractivity contribution >= 4 is 17.6 Å². The number of rotatable bonds is 7. The molecule has 0 unspecified atom stereocenters. The minimum Gasteiger partial charge on any atom is -0.489 e. The summed E-state index contributed by atoms with van der Waals surface area (Å²) in [7, 11) is 0. The van der Waals surface area contributed by atoms with Crippen molar-refractivity contribution in [2.24, 2.45) is 0 Å². The molecule has 23 heavy (non-hydrogen) atoms. The predicted molar refractivity (Wildman–Crippen MR) is 91.7 cm³/mol. The monoisotopic (exact) mass is 321 g/mol. The van der Waals surface area contributed by atoms with Crippen LogP contribution in [0.1, 0.15) is 41.0 Å². The van der Waals surface area contributed by atoms with Gasteiger partial charge in [0.25, 0.3) is 0 Å². The molecule has 1 aromatic carbocycles. The van der Waals surface area contributed by atoms with Gasteiger partial charge < -0.3 is 20.7 Å². The van der Waals surface area contributed by atoms with Gasteiger partial charge in [-0.1, -0.05) is 19.1 Å². The molecule has 0 heterocycles. The van der Waals surface area contributed by atoms with Gasteiger partial charge in [0.1, 0.15) is 11.8 Å². The summed E-state index contributed by atoms with van der Waals surface area (Å²) in [5.74, 6) is 0.385. The summed E-state index contributed by atoms with van der Waals surface area (Å²) in [5.41, 5.74) is 0.563. The first-order valence-electron chi connectivity index (χ1n) is 7.97. The summed E-state index contributed by atoms with van der Waals surface area (Å²) in [6.07, 6.45) is 0.839. The summed E-state index contributed by atoms with van der Waals surface area (Å²) in [5, 5.41) is 8.16. The number of carbonyl (C=O) groups excluding carboxylic acids is 2. The minimum absolute atomic E-state index is 0.00115. The Labute approximate surface area is 138 Å². The first kappa shape index (κ1) is 18.8. The largest absolute Gasteiger partial charge is 0.489 e. The molecule has 3 N–H and O–H groups in total. The van der Waals surface area contributed by atoms with E-state index in [-0.39, 0.29) is 18.1 Å². The highest BCUT2D eigenvalue weighted by Crippen LogP contribution is 2.24. The maximum atomic E-state index is 12.1. The molecule has 6 heteroatoms. The lowest BCUT2D eigenvalue weighted by atomic mass is 10.2. The molecule has 3 amide bonds. The van der Waals surface area contributed by atoms with Crippen LogP contribution in [0.5, 0.6) is 5.75 Å². The van der Waals surface area contributed by atoms with E-state index in [1.54, 1.807) is 19.1 Å². The molecule has 0 aliphatic rings. The summed E-state index contributed by atoms with van der Waals surface area (Å²) in [6, 6.07) is 6.19. The second-order valence-corrected chi connectivity index (χ2v) is 5.80. The van der Waals surface area contributed by atoms with Crippen molar-refractivity contribution in [2.45, 2.75) is 59.2 Å². The van der Waals surface area contributed by atoms with E-state index in [2.05, 4.69) is 16.0 Å². The Morgan fingerprint density at radius 2 is 1.74 bits per heavy atom. The number of carbonyl (C=O) groups is 2. The molecule has 128 valence electrons. The van der Waals surface area contributed by atoms with Crippen molar-refractivity contribution in [3.05, 3.63) is 24.3 Å². The van der Waals surface area contributed by atoms with Gasteiger partial charge in [0.05, 0.1) is 11.8 Å². The topological polar surface area (TPSA) is 79.5 Å². The first-order valence-corrected chi connectivity index (χ1v) is 7.97. The molecular formula is C17H27N3O3. The van der Waals surface area contributed by atoms with Gasteiger partial charge in [-0.15, -0.1) is 0 Å². The standard InChI is InChI=1S/C17H27N3O3/c1-6-12(4)18-16(21)13(5)19-17(22)20-14-9-7-8-10-15(14)23-11(2)3/h7-13H,6H2,1-5H3,(H,18,21)(H2,19,20,22)/t12-,13+/m0/s1. The van der Waals surface area contributed by atoms with E-state index in [0.29, 0.717) is 11.4 Å². The molecule has 0 saturated carbocycles. The molecule has 0 aromatic heterocycles. The zero-order valence-electron chi connectivity index (χ0n) is 14.5. The van der Waals surface area contributed by atoms with Gasteiger partial charge in [-0.05, 0) is 46.2 Å². The smallest absolute Gasteiger partial charge is 0.319 e. The van der Waals surface area contributed by atoms with Crippen molar-refractivity contribution in [3.8, 4) is 5.75 Å². The molecule has 0 aliphatic heterocycles. The van der Waals surface area contributed by atoms with Gasteiger partial charge in [-0.25, -0.2) is 4.79 Å². The lowest BCUT2D eigenvalue weighted by molar-refractivity contribution is -0.123. The fraction of sp³-hybridized carbons (Fsp3) is 0.529. The van der Waals surface area contributed by atoms with Crippen LogP contribution in [-0.2, 0) is 4.79 Å². The highest BCUT2D eigenvalue weighted by atomic mass is 16.5. The molecule has 6 nitrogen and oxygen atoms in total. The molecule has 0 radical (unpaired) electrons. The Bertz CT molecular complexity index is 532. The predicted octanol–water partition coefficient (Wildman–Crippen LogP) is 2.90. The Hall–Kier alpha value is -2.24. The summed E-state index contributed by atoms with van der Waals surface area (Å²) in [6.45, 7) is 9.38. The van der Waals surface area contributed by atoms with E-state index in [4.69, 9.17) is 4.74 Å². The number of amides is 3. The van der Waals surface area contributed by atoms with Crippen LogP contribution in [0.15, 0.2) is 24.3 Å². The molecule has 1 aromatic rings. The normalized spacial score (nSPS) is 13.1. The van der Waals surface area contributed by atoms with E-state index in [9.17, 15) is 9.59 Å². The van der Waals surface area contributed by atoms with Crippen LogP contribution in [0.4, 0.5) is 10.5 Å². The van der Waals surface area contributed by atoms with Crippen molar-refractivity contribution in [1.82, 2.24) is 10.6 Å². The summed E-state index contributed by atoms with van der Waals surface area (Å²) >= 11 is 0. The molecule has 0 spiro atoms. The number of anilines is 1. The molecule has 1 rings (SSSR count). The molecule has 2 atom stereocenters. The highest BCUT2D eigenvalue weighted by molar-refractivity contribution is 5.94. The number of benzene rings is 1. The lowest BCUT2D eigenvalue weighted by Crippen LogP contribution is -2.48. The van der Waals surface area contributed by atoms with Crippen LogP contribution in [0.2, 0.25) is 0 Å². The maximum absolute atomic E-state index is 12.1. The Kier molecular flexibility index (Phi) is 7.38. The molecular weight excluding hydrogens is 294 g/mol. The quantitative estimate of drug-likeness (QED) is 0.722. The number of hydrogen-bond acceptors (Lipinski definition) is 3. The first-order chi connectivity index (χ1) is 10.8. The second kappa shape index (κ2) is 9.02. The van der Waals surface area contributed by atoms with E-state index < -0.39 is 12.1 Å². The van der Waals surface area contributed by atoms with Gasteiger partial charge in [0.2, 0.25) is 5.91 Å². The van der Waals surface area contributed by atoms with E-state index in [1.165, 1.54) is 0 Å². The maximum Gasteiger partial charge on any atom is 0.319 e. The van der Waals surface area contributed by atoms with Crippen molar-refractivity contribution in [2.75, 3.05) is 5.32 Å². The third kappa shape index (κ3) is 6.59. The van der Waals surface area contributed by atoms with Crippen LogP contribution in [0.25, 0.3) is 0 Å². The van der Waals surface area contributed by atoms with Crippen LogP contribution in [0.3, 0.4) is 0 Å². The highest BCUT2D eigenvalue weighted by Gasteiger charge is 2.17. The van der Waals surface area contributed by atoms with Crippen LogP contribution < -0.4 is 20.7 Å². The minimum atomic E-state index is -0.623. The zero-order chi connectivity index (χ0) is 17.4. The lowest BCUT2D eigenvalue weighted by Gasteiger charge is -2.19. The average Bonchev–Trinajstić information content (AvgIpc) is 2.48. The third-order valence-electron chi connectivity index (χ3n) is 3.24. The van der Waals surface area contributed by atoms with Crippen molar-refractivity contribution in [3.63, 3.8) is 0 Å². The number of nitrogens with one attached hydrogen (secondary N) is 3. The van der Waals surface area contributed by atoms with Gasteiger partial charge in [-0.2, -0.15) is 0 Å². The van der Waals surface area contributed by atoms with Crippen molar-refractivity contribution < 1.29 is 14.3 Å². The Morgan fingerprint density at radius 3 is 2.35 bits per heavy atom. The van der Waals surface area contributed by atoms with Crippen LogP contribution >= 0.6 is 0 Å². The Balaban J connectivity index is 2.61. The molecule has 0 saturated heterocycles. The third-order valence-corrected chi connectivity index (χ3v) is 3.24. The van der Waals surface area contributed by atoms with Crippen LogP contribution in [0, 0.1) is 0 Å². The fourth-order valence-electron chi connectivity index (χ4n) is 1.82. The number of urea groups is 1. The van der Waals surface area contributed by atoms with E-state index in [0.717, 1.165) is 6.42 Å². The Morgan fingerprint density at radius 1 is 1.09 bits per heavy atom. The molecule has 0 fully saturated rings. The SMILES string of the molecule is CC[C@H](C)NC(=O)[C@@H](C)NC(=O)Nc1ccccc1OC(C)C. The zero-order valence-corrected chi connectivity index (χ0v) is 14.5. The summed E-state index contributed by atoms with van der Waals surface area (Å²) < 4.78 is 5.64.